The molecule has 8 aromatic rings. The van der Waals surface area contributed by atoms with Crippen LogP contribution in [0.5, 0.6) is 11.5 Å². The number of hydrogen-bond donors (Lipinski definition) is 7. The number of phenolic OH excluding ortho intramolecular Hbond substituents is 2. The van der Waals surface area contributed by atoms with Crippen LogP contribution >= 0.6 is 45.3 Å². The first-order chi connectivity index (χ1) is 42.9. The Morgan fingerprint density at radius 1 is 0.652 bits per heavy atom. The van der Waals surface area contributed by atoms with Gasteiger partial charge < -0.3 is 51.4 Å². The number of rotatable bonds is 13. The number of aromatic hydroxyl groups is 2. The number of imidazole rings is 1. The number of aliphatic hydroxyl groups excluding tert-OH is 2. The van der Waals surface area contributed by atoms with E-state index in [1.54, 1.807) is 0 Å². The van der Waals surface area contributed by atoms with Crippen molar-refractivity contribution >= 4 is 127 Å². The van der Waals surface area contributed by atoms with Crippen LogP contribution in [-0.4, -0.2) is 83.1 Å². The Hall–Kier alpha value is -11.3. The zero-order chi connectivity index (χ0) is 66.0. The van der Waals surface area contributed by atoms with E-state index in [0.717, 1.165) is 111 Å². The molecule has 0 saturated carbocycles. The molecule has 1 radical (unpaired) electrons. The summed E-state index contributed by atoms with van der Waals surface area (Å²) in [7, 11) is 3.90. The van der Waals surface area contributed by atoms with Crippen LogP contribution in [0.4, 0.5) is 59.0 Å². The Morgan fingerprint density at radius 3 is 1.63 bits per heavy atom. The van der Waals surface area contributed by atoms with Gasteiger partial charge in [0.1, 0.15) is 58.2 Å². The predicted molar refractivity (Wildman–Crippen MR) is 335 cm³/mol. The summed E-state index contributed by atoms with van der Waals surface area (Å²) < 4.78 is 3.86. The monoisotopic (exact) mass is 1380 g/mol. The number of thiazole rings is 4. The first-order valence-electron chi connectivity index (χ1n) is 25.0. The fourth-order valence-electron chi connectivity index (χ4n) is 6.10. The molecule has 0 bridgehead atoms. The van der Waals surface area contributed by atoms with E-state index < -0.39 is 19.7 Å². The van der Waals surface area contributed by atoms with E-state index in [0.29, 0.717) is 5.13 Å². The Labute approximate surface area is 543 Å². The van der Waals surface area contributed by atoms with Crippen molar-refractivity contribution < 1.29 is 76.5 Å². The van der Waals surface area contributed by atoms with Crippen LogP contribution in [-0.2, 0) is 40.5 Å². The molecular formula is C51H50CoN21O15S4-. The van der Waals surface area contributed by atoms with E-state index in [4.69, 9.17) is 10.9 Å². The molecular weight excluding hydrogens is 1330 g/mol. The number of anilines is 3. The Kier molecular flexibility index (Phi) is 30.0. The average Bonchev–Trinajstić information content (AvgIpc) is 1.83. The van der Waals surface area contributed by atoms with E-state index in [9.17, 15) is 65.4 Å². The average molecular weight is 1380 g/mol. The van der Waals surface area contributed by atoms with Gasteiger partial charge in [-0.2, -0.15) is 0 Å². The molecule has 10 N–H and O–H groups in total. The number of azo groups is 2. The van der Waals surface area contributed by atoms with Crippen molar-refractivity contribution in [1.82, 2.24) is 24.5 Å². The topological polar surface area (TPSA) is 531 Å². The summed E-state index contributed by atoms with van der Waals surface area (Å²) in [6, 6.07) is 18.1. The van der Waals surface area contributed by atoms with E-state index in [-0.39, 0.29) is 109 Å². The van der Waals surface area contributed by atoms with Crippen molar-refractivity contribution in [1.29, 1.82) is 0 Å². The zero-order valence-electron chi connectivity index (χ0n) is 48.2. The molecule has 3 aromatic carbocycles. The van der Waals surface area contributed by atoms with Crippen molar-refractivity contribution in [2.75, 3.05) is 10.7 Å². The number of aliphatic hydroxyl groups is 2. The van der Waals surface area contributed by atoms with Gasteiger partial charge in [0.2, 0.25) is 10.3 Å². The number of hydrogen-bond acceptors (Lipinski definition) is 31. The number of aryl methyl sites for hydroxylation is 4. The molecule has 0 amide bonds. The van der Waals surface area contributed by atoms with E-state index in [1.165, 1.54) is 47.6 Å². The molecule has 0 spiro atoms. The summed E-state index contributed by atoms with van der Waals surface area (Å²) in [5.74, 6) is 4.07. The number of aromatic nitrogens is 6. The summed E-state index contributed by atoms with van der Waals surface area (Å²) in [4.78, 5) is 75.6. The molecule has 483 valence electrons. The van der Waals surface area contributed by atoms with Crippen molar-refractivity contribution in [3.8, 4) is 11.5 Å². The van der Waals surface area contributed by atoms with Gasteiger partial charge in [-0.1, -0.05) is 53.8 Å². The Morgan fingerprint density at radius 2 is 1.18 bits per heavy atom. The molecule has 36 nitrogen and oxygen atoms in total. The van der Waals surface area contributed by atoms with Crippen LogP contribution in [0.1, 0.15) is 25.0 Å². The summed E-state index contributed by atoms with van der Waals surface area (Å²) >= 11 is 3.17. The fraction of sp³-hybridized carbons (Fsp3) is 0.118. The number of nitrogens with zero attached hydrogens (tertiary/aromatic N) is 18. The SMILES string of the molecule is CC.Cc1ccc(C)c(Nc2ccc(N=Nc3n(C)cc[n+]3C)cc2)c1.NNc1ncc([N+](=O)[O-])s1.O.O=C1C=CC(=NN=c2[n-]cc([N+](=O)[O-])s2)C(O)=C1.O=C1C=CC(=NN=c2[n-]cc([N+](=O)[O-])s2)C(O)=C1.O=[N+]([O-])c1cnc(N=Nc2ccc(O)cc2O)s1.[Co]. The van der Waals surface area contributed by atoms with E-state index >= 15 is 0 Å². The van der Waals surface area contributed by atoms with E-state index in [2.05, 4.69) is 104 Å². The third-order valence-electron chi connectivity index (χ3n) is 10.3. The molecule has 0 fully saturated rings. The van der Waals surface area contributed by atoms with Gasteiger partial charge in [0, 0.05) is 73.5 Å². The third kappa shape index (κ3) is 23.6. The van der Waals surface area contributed by atoms with Crippen molar-refractivity contribution in [2.24, 2.45) is 60.8 Å². The van der Waals surface area contributed by atoms with Crippen LogP contribution in [0.3, 0.4) is 0 Å². The van der Waals surface area contributed by atoms with Crippen molar-refractivity contribution in [3.63, 3.8) is 0 Å². The van der Waals surface area contributed by atoms with Gasteiger partial charge in [0.05, 0.1) is 46.2 Å². The molecule has 2 aliphatic rings. The first-order valence-corrected chi connectivity index (χ1v) is 28.2. The van der Waals surface area contributed by atoms with Gasteiger partial charge in [-0.3, -0.25) is 65.7 Å². The number of carbonyl (C=O) groups is 2. The number of allylic oxidation sites excluding steroid dienone is 6. The molecule has 5 aromatic heterocycles. The second kappa shape index (κ2) is 36.8. The standard InChI is InChI=1S/C19H21N5.3C9H6N4O4S.C3H4N4O2S.C2H6.Co.H2O/c1-14-5-6-15(2)18(13-14)20-16-7-9-17(10-8-16)21-22-19-23(3)11-12-24(19)4;3*14-5-1-2-6(7(15)3-5)11-12-9-10-4-8(18-9)13(16)17;4-6-3-5-1-2(10-3)7(8)9;1-2;;/h5-13H,1-4H3;2*1-4H,(H2,10,12,14,15);1-4,14-15H;1H,4H2,(H,5,6);1-2H3;;1H2/p-1. The third-order valence-corrected chi connectivity index (χ3v) is 13.7. The number of carbonyl (C=O) groups excluding carboxylic acids is 2. The van der Waals surface area contributed by atoms with Crippen LogP contribution in [0.25, 0.3) is 0 Å². The first kappa shape index (κ1) is 74.9. The molecule has 92 heavy (non-hydrogen) atoms. The summed E-state index contributed by atoms with van der Waals surface area (Å²) in [5, 5.41) is 112. The molecule has 0 saturated heterocycles. The molecule has 5 heterocycles. The van der Waals surface area contributed by atoms with Crippen LogP contribution in [0.2, 0.25) is 0 Å². The smallest absolute Gasteiger partial charge is 0.421 e. The molecule has 41 heteroatoms. The fourth-order valence-corrected chi connectivity index (χ4v) is 8.31. The number of hydrazine groups is 1. The number of nitrogens with one attached hydrogen (secondary N) is 2. The van der Waals surface area contributed by atoms with Gasteiger partial charge in [0.25, 0.3) is 0 Å². The quantitative estimate of drug-likeness (QED) is 0.0141. The normalized spacial score (nSPS) is 13.2. The summed E-state index contributed by atoms with van der Waals surface area (Å²) in [6.07, 6.45) is 15.3. The van der Waals surface area contributed by atoms with Gasteiger partial charge in [-0.25, -0.2) is 24.9 Å². The Bertz CT molecular complexity index is 4190. The number of benzene rings is 3. The molecule has 0 unspecified atom stereocenters. The van der Waals surface area contributed by atoms with Gasteiger partial charge in [0.15, 0.2) is 11.6 Å². The molecule has 0 aliphatic heterocycles. The summed E-state index contributed by atoms with van der Waals surface area (Å²) in [6.45, 7) is 8.20. The minimum Gasteiger partial charge on any atom is -0.508 e. The summed E-state index contributed by atoms with van der Waals surface area (Å²) in [5.41, 5.74) is 7.96. The minimum absolute atomic E-state index is 0. The van der Waals surface area contributed by atoms with Gasteiger partial charge >= 0.3 is 26.0 Å². The van der Waals surface area contributed by atoms with Gasteiger partial charge in [-0.15, -0.1) is 10.2 Å². The van der Waals surface area contributed by atoms with Crippen LogP contribution < -0.4 is 40.7 Å². The maximum atomic E-state index is 10.9. The predicted octanol–water partition coefficient (Wildman–Crippen LogP) is 8.94. The number of ketones is 2. The molecule has 0 atom stereocenters. The molecule has 2 aliphatic carbocycles. The number of phenols is 2. The number of nitrogens with two attached hydrogens (primary N) is 1. The minimum atomic E-state index is -0.583. The maximum absolute atomic E-state index is 10.9. The van der Waals surface area contributed by atoms with Crippen LogP contribution in [0.15, 0.2) is 187 Å². The largest absolute Gasteiger partial charge is 0.508 e. The second-order valence-corrected chi connectivity index (χ2v) is 20.7. The second-order valence-electron chi connectivity index (χ2n) is 16.7. The van der Waals surface area contributed by atoms with Crippen LogP contribution in [0, 0.1) is 54.3 Å². The van der Waals surface area contributed by atoms with E-state index in [1.807, 2.05) is 73.7 Å². The number of nitro groups is 4. The maximum Gasteiger partial charge on any atom is 0.421 e. The van der Waals surface area contributed by atoms with Crippen molar-refractivity contribution in [2.45, 2.75) is 27.7 Å². The zero-order valence-corrected chi connectivity index (χ0v) is 52.5. The number of nitrogen functional groups attached to an aromatic ring is 1. The Balaban J connectivity index is 0.000000302. The van der Waals surface area contributed by atoms with Crippen molar-refractivity contribution in [3.05, 3.63) is 207 Å². The van der Waals surface area contributed by atoms with Gasteiger partial charge in [-0.05, 0) is 114 Å². The molecule has 10 rings (SSSR count).